The molecule has 3 rings (SSSR count). The number of halogens is 1. The third kappa shape index (κ3) is 2.51. The van der Waals surface area contributed by atoms with Crippen molar-refractivity contribution in [2.24, 2.45) is 5.92 Å². The minimum Gasteiger partial charge on any atom is -0.398 e. The molecule has 1 aromatic carbocycles. The first-order valence-corrected chi connectivity index (χ1v) is 6.69. The van der Waals surface area contributed by atoms with E-state index in [1.165, 1.54) is 18.2 Å². The fraction of sp³-hybridized carbons (Fsp3) is 0.429. The lowest BCUT2D eigenvalue weighted by atomic mass is 10.1. The SMILES string of the molecule is CCOC(c1noc(-c2cc(F)ccc2N)n1)C1CC1. The van der Waals surface area contributed by atoms with Crippen molar-refractivity contribution >= 4 is 5.69 Å². The van der Waals surface area contributed by atoms with Crippen LogP contribution in [0.4, 0.5) is 10.1 Å². The van der Waals surface area contributed by atoms with Crippen molar-refractivity contribution in [1.82, 2.24) is 10.1 Å². The molecule has 1 aliphatic carbocycles. The maximum atomic E-state index is 13.3. The van der Waals surface area contributed by atoms with Crippen molar-refractivity contribution in [3.05, 3.63) is 29.8 Å². The Kier molecular flexibility index (Phi) is 3.40. The van der Waals surface area contributed by atoms with Crippen molar-refractivity contribution < 1.29 is 13.7 Å². The molecule has 6 heteroatoms. The number of rotatable bonds is 5. The van der Waals surface area contributed by atoms with Gasteiger partial charge >= 0.3 is 0 Å². The summed E-state index contributed by atoms with van der Waals surface area (Å²) in [6, 6.07) is 4.07. The number of nitrogens with zero attached hydrogens (tertiary/aromatic N) is 2. The summed E-state index contributed by atoms with van der Waals surface area (Å²) in [6.07, 6.45) is 2.07. The van der Waals surface area contributed by atoms with Crippen molar-refractivity contribution in [3.63, 3.8) is 0 Å². The van der Waals surface area contributed by atoms with E-state index in [0.717, 1.165) is 12.8 Å². The van der Waals surface area contributed by atoms with E-state index in [1.54, 1.807) is 0 Å². The number of benzene rings is 1. The molecule has 2 aromatic rings. The third-order valence-electron chi connectivity index (χ3n) is 3.34. The Hall–Kier alpha value is -1.95. The number of aromatic nitrogens is 2. The Morgan fingerprint density at radius 2 is 2.30 bits per heavy atom. The van der Waals surface area contributed by atoms with Gasteiger partial charge in [-0.3, -0.25) is 0 Å². The lowest BCUT2D eigenvalue weighted by Crippen LogP contribution is -2.08. The van der Waals surface area contributed by atoms with Crippen LogP contribution in [0.1, 0.15) is 31.7 Å². The molecule has 1 atom stereocenters. The van der Waals surface area contributed by atoms with Crippen LogP contribution in [0.5, 0.6) is 0 Å². The molecule has 0 saturated heterocycles. The van der Waals surface area contributed by atoms with Gasteiger partial charge in [0.1, 0.15) is 11.9 Å². The summed E-state index contributed by atoms with van der Waals surface area (Å²) in [4.78, 5) is 4.31. The molecule has 1 unspecified atom stereocenters. The van der Waals surface area contributed by atoms with E-state index in [9.17, 15) is 4.39 Å². The molecule has 1 saturated carbocycles. The maximum Gasteiger partial charge on any atom is 0.260 e. The molecule has 5 nitrogen and oxygen atoms in total. The molecule has 1 aliphatic rings. The molecule has 0 spiro atoms. The van der Waals surface area contributed by atoms with Gasteiger partial charge < -0.3 is 15.0 Å². The van der Waals surface area contributed by atoms with E-state index in [1.807, 2.05) is 6.92 Å². The molecule has 1 heterocycles. The van der Waals surface area contributed by atoms with Gasteiger partial charge in [0, 0.05) is 12.3 Å². The summed E-state index contributed by atoms with van der Waals surface area (Å²) in [5, 5.41) is 3.95. The monoisotopic (exact) mass is 277 g/mol. The summed E-state index contributed by atoms with van der Waals surface area (Å²) >= 11 is 0. The molecule has 20 heavy (non-hydrogen) atoms. The molecular weight excluding hydrogens is 261 g/mol. The fourth-order valence-electron chi connectivity index (χ4n) is 2.17. The van der Waals surface area contributed by atoms with Gasteiger partial charge in [-0.2, -0.15) is 4.98 Å². The molecule has 0 amide bonds. The number of ether oxygens (including phenoxy) is 1. The first-order valence-electron chi connectivity index (χ1n) is 6.69. The van der Waals surface area contributed by atoms with Crippen LogP contribution in [0.3, 0.4) is 0 Å². The maximum absolute atomic E-state index is 13.3. The smallest absolute Gasteiger partial charge is 0.260 e. The van der Waals surface area contributed by atoms with Crippen LogP contribution in [-0.2, 0) is 4.74 Å². The number of anilines is 1. The van der Waals surface area contributed by atoms with Gasteiger partial charge in [-0.1, -0.05) is 5.16 Å². The highest BCUT2D eigenvalue weighted by molar-refractivity contribution is 5.70. The fourth-order valence-corrected chi connectivity index (χ4v) is 2.17. The van der Waals surface area contributed by atoms with E-state index in [0.29, 0.717) is 29.6 Å². The second-order valence-electron chi connectivity index (χ2n) is 4.90. The molecule has 0 aliphatic heterocycles. The molecule has 0 bridgehead atoms. The standard InChI is InChI=1S/C14H16FN3O2/c1-2-19-12(8-3-4-8)13-17-14(20-18-13)10-7-9(15)5-6-11(10)16/h5-8,12H,2-4,16H2,1H3. The van der Waals surface area contributed by atoms with E-state index in [-0.39, 0.29) is 12.0 Å². The number of nitrogens with two attached hydrogens (primary N) is 1. The number of nitrogen functional groups attached to an aromatic ring is 1. The Bertz CT molecular complexity index is 610. The van der Waals surface area contributed by atoms with Crippen molar-refractivity contribution in [3.8, 4) is 11.5 Å². The van der Waals surface area contributed by atoms with Crippen LogP contribution >= 0.6 is 0 Å². The van der Waals surface area contributed by atoms with E-state index < -0.39 is 5.82 Å². The average Bonchev–Trinajstić information content (AvgIpc) is 3.16. The Morgan fingerprint density at radius 1 is 1.50 bits per heavy atom. The van der Waals surface area contributed by atoms with Crippen molar-refractivity contribution in [2.45, 2.75) is 25.9 Å². The predicted octanol–water partition coefficient (Wildman–Crippen LogP) is 2.95. The largest absolute Gasteiger partial charge is 0.398 e. The van der Waals surface area contributed by atoms with E-state index >= 15 is 0 Å². The van der Waals surface area contributed by atoms with Gasteiger partial charge in [0.2, 0.25) is 5.82 Å². The van der Waals surface area contributed by atoms with Crippen molar-refractivity contribution in [1.29, 1.82) is 0 Å². The van der Waals surface area contributed by atoms with Crippen LogP contribution in [0, 0.1) is 11.7 Å². The van der Waals surface area contributed by atoms with Gasteiger partial charge in [-0.15, -0.1) is 0 Å². The second-order valence-corrected chi connectivity index (χ2v) is 4.90. The lowest BCUT2D eigenvalue weighted by molar-refractivity contribution is 0.0385. The van der Waals surface area contributed by atoms with Crippen LogP contribution in [0.25, 0.3) is 11.5 Å². The van der Waals surface area contributed by atoms with Gasteiger partial charge in [-0.25, -0.2) is 4.39 Å². The van der Waals surface area contributed by atoms with Crippen LogP contribution in [0.15, 0.2) is 22.7 Å². The van der Waals surface area contributed by atoms with Crippen LogP contribution in [0.2, 0.25) is 0 Å². The highest BCUT2D eigenvalue weighted by atomic mass is 19.1. The lowest BCUT2D eigenvalue weighted by Gasteiger charge is -2.11. The normalized spacial score (nSPS) is 16.3. The summed E-state index contributed by atoms with van der Waals surface area (Å²) in [5.41, 5.74) is 6.63. The zero-order valence-corrected chi connectivity index (χ0v) is 11.2. The molecule has 2 N–H and O–H groups in total. The van der Waals surface area contributed by atoms with E-state index in [4.69, 9.17) is 15.0 Å². The highest BCUT2D eigenvalue weighted by Gasteiger charge is 2.36. The van der Waals surface area contributed by atoms with Crippen LogP contribution < -0.4 is 5.73 Å². The predicted molar refractivity (Wildman–Crippen MR) is 71.2 cm³/mol. The number of hydrogen-bond donors (Lipinski definition) is 1. The number of hydrogen-bond acceptors (Lipinski definition) is 5. The highest BCUT2D eigenvalue weighted by Crippen LogP contribution is 2.42. The van der Waals surface area contributed by atoms with Crippen LogP contribution in [-0.4, -0.2) is 16.7 Å². The molecule has 0 radical (unpaired) electrons. The summed E-state index contributed by atoms with van der Waals surface area (Å²) < 4.78 is 24.2. The van der Waals surface area contributed by atoms with Gasteiger partial charge in [-0.05, 0) is 43.9 Å². The summed E-state index contributed by atoms with van der Waals surface area (Å²) in [6.45, 7) is 2.52. The van der Waals surface area contributed by atoms with Gasteiger partial charge in [0.25, 0.3) is 5.89 Å². The first kappa shape index (κ1) is 13.1. The molecular formula is C14H16FN3O2. The summed E-state index contributed by atoms with van der Waals surface area (Å²) in [7, 11) is 0. The molecule has 1 aromatic heterocycles. The first-order chi connectivity index (χ1) is 9.69. The molecule has 106 valence electrons. The average molecular weight is 277 g/mol. The Labute approximate surface area is 115 Å². The van der Waals surface area contributed by atoms with Crippen molar-refractivity contribution in [2.75, 3.05) is 12.3 Å². The zero-order valence-electron chi connectivity index (χ0n) is 11.2. The molecule has 1 fully saturated rings. The third-order valence-corrected chi connectivity index (χ3v) is 3.34. The minimum atomic E-state index is -0.391. The van der Waals surface area contributed by atoms with Gasteiger partial charge in [0.15, 0.2) is 0 Å². The minimum absolute atomic E-state index is 0.146. The Balaban J connectivity index is 1.90. The zero-order chi connectivity index (χ0) is 14.1. The Morgan fingerprint density at radius 3 is 3.00 bits per heavy atom. The quantitative estimate of drug-likeness (QED) is 0.850. The van der Waals surface area contributed by atoms with Gasteiger partial charge in [0.05, 0.1) is 5.56 Å². The topological polar surface area (TPSA) is 74.2 Å². The second kappa shape index (κ2) is 5.20. The summed E-state index contributed by atoms with van der Waals surface area (Å²) in [5.74, 6) is 0.790. The van der Waals surface area contributed by atoms with E-state index in [2.05, 4.69) is 10.1 Å².